The molecule has 0 spiro atoms. The first-order chi connectivity index (χ1) is 7.50. The summed E-state index contributed by atoms with van der Waals surface area (Å²) in [6.45, 7) is 11.2. The molecule has 2 amide bonds. The van der Waals surface area contributed by atoms with Crippen molar-refractivity contribution in [3.63, 3.8) is 0 Å². The highest BCUT2D eigenvalue weighted by molar-refractivity contribution is 5.74. The summed E-state index contributed by atoms with van der Waals surface area (Å²) in [7, 11) is 0. The average molecular weight is 228 g/mol. The molecule has 0 radical (unpaired) electrons. The van der Waals surface area contributed by atoms with E-state index in [0.717, 1.165) is 13.0 Å². The first-order valence-corrected chi connectivity index (χ1v) is 6.56. The van der Waals surface area contributed by atoms with Crippen LogP contribution >= 0.6 is 0 Å². The van der Waals surface area contributed by atoms with Crippen molar-refractivity contribution in [3.8, 4) is 0 Å². The van der Waals surface area contributed by atoms with Crippen molar-refractivity contribution in [1.82, 2.24) is 10.2 Å². The molecule has 0 aromatic carbocycles. The van der Waals surface area contributed by atoms with Crippen molar-refractivity contribution in [2.75, 3.05) is 6.54 Å². The minimum atomic E-state index is 0.0708. The molecule has 0 aliphatic rings. The largest absolute Gasteiger partial charge is 0.338 e. The molecule has 16 heavy (non-hydrogen) atoms. The van der Waals surface area contributed by atoms with Crippen LogP contribution < -0.4 is 5.32 Å². The van der Waals surface area contributed by atoms with Crippen LogP contribution in [0.5, 0.6) is 0 Å². The van der Waals surface area contributed by atoms with Crippen molar-refractivity contribution >= 4 is 6.03 Å². The van der Waals surface area contributed by atoms with Crippen molar-refractivity contribution in [2.24, 2.45) is 0 Å². The van der Waals surface area contributed by atoms with E-state index in [4.69, 9.17) is 0 Å². The number of amides is 2. The lowest BCUT2D eigenvalue weighted by molar-refractivity contribution is 0.165. The van der Waals surface area contributed by atoms with Crippen LogP contribution in [0.2, 0.25) is 0 Å². The second kappa shape index (κ2) is 8.43. The highest BCUT2D eigenvalue weighted by atomic mass is 16.2. The maximum absolute atomic E-state index is 11.9. The maximum atomic E-state index is 11.9. The quantitative estimate of drug-likeness (QED) is 0.666. The summed E-state index contributed by atoms with van der Waals surface area (Å²) in [5.41, 5.74) is 0. The smallest absolute Gasteiger partial charge is 0.317 e. The summed E-state index contributed by atoms with van der Waals surface area (Å²) in [5.74, 6) is 0. The fraction of sp³-hybridized carbons (Fsp3) is 0.923. The van der Waals surface area contributed by atoms with E-state index < -0.39 is 0 Å². The van der Waals surface area contributed by atoms with Crippen LogP contribution in [0.3, 0.4) is 0 Å². The van der Waals surface area contributed by atoms with E-state index >= 15 is 0 Å². The summed E-state index contributed by atoms with van der Waals surface area (Å²) in [6, 6.07) is 0.591. The van der Waals surface area contributed by atoms with Crippen LogP contribution in [0.1, 0.15) is 60.3 Å². The second-order valence-electron chi connectivity index (χ2n) is 4.89. The molecule has 0 saturated heterocycles. The zero-order valence-corrected chi connectivity index (χ0v) is 11.5. The zero-order chi connectivity index (χ0) is 12.6. The van der Waals surface area contributed by atoms with Crippen LogP contribution in [0.15, 0.2) is 0 Å². The molecular formula is C13H28N2O. The van der Waals surface area contributed by atoms with Crippen LogP contribution in [0.25, 0.3) is 0 Å². The Labute approximate surface area is 101 Å². The molecule has 0 fully saturated rings. The molecule has 0 aliphatic heterocycles. The zero-order valence-electron chi connectivity index (χ0n) is 11.5. The molecule has 3 nitrogen and oxygen atoms in total. The SMILES string of the molecule is CCCCCCNC(=O)N(C(C)C)C(C)C. The lowest BCUT2D eigenvalue weighted by atomic mass is 10.2. The molecule has 0 atom stereocenters. The van der Waals surface area contributed by atoms with E-state index in [0.29, 0.717) is 0 Å². The predicted octanol–water partition coefficient (Wildman–Crippen LogP) is 3.40. The number of carbonyl (C=O) groups is 1. The van der Waals surface area contributed by atoms with Crippen molar-refractivity contribution in [3.05, 3.63) is 0 Å². The summed E-state index contributed by atoms with van der Waals surface area (Å²) >= 11 is 0. The van der Waals surface area contributed by atoms with Crippen molar-refractivity contribution in [1.29, 1.82) is 0 Å². The predicted molar refractivity (Wildman–Crippen MR) is 69.7 cm³/mol. The molecule has 0 aliphatic carbocycles. The molecule has 0 heterocycles. The Hall–Kier alpha value is -0.730. The normalized spacial score (nSPS) is 10.9. The molecule has 0 bridgehead atoms. The van der Waals surface area contributed by atoms with E-state index in [1.165, 1.54) is 19.3 Å². The third kappa shape index (κ3) is 5.99. The van der Waals surface area contributed by atoms with Crippen LogP contribution in [-0.4, -0.2) is 29.6 Å². The number of urea groups is 1. The molecule has 96 valence electrons. The molecule has 3 heteroatoms. The molecule has 0 aromatic heterocycles. The number of nitrogens with zero attached hydrogens (tertiary/aromatic N) is 1. The highest BCUT2D eigenvalue weighted by Gasteiger charge is 2.18. The Balaban J connectivity index is 3.84. The standard InChI is InChI=1S/C13H28N2O/c1-6-7-8-9-10-14-13(16)15(11(2)3)12(4)5/h11-12H,6-10H2,1-5H3,(H,14,16). The summed E-state index contributed by atoms with van der Waals surface area (Å²) in [5, 5.41) is 2.99. The number of carbonyl (C=O) groups excluding carboxylic acids is 1. The van der Waals surface area contributed by atoms with Gasteiger partial charge >= 0.3 is 6.03 Å². The van der Waals surface area contributed by atoms with Gasteiger partial charge in [-0.2, -0.15) is 0 Å². The van der Waals surface area contributed by atoms with Gasteiger partial charge in [-0.25, -0.2) is 4.79 Å². The topological polar surface area (TPSA) is 32.3 Å². The van der Waals surface area contributed by atoms with Gasteiger partial charge in [0.05, 0.1) is 0 Å². The fourth-order valence-corrected chi connectivity index (χ4v) is 1.90. The van der Waals surface area contributed by atoms with Gasteiger partial charge in [0, 0.05) is 18.6 Å². The van der Waals surface area contributed by atoms with E-state index in [1.54, 1.807) is 0 Å². The molecule has 0 unspecified atom stereocenters. The van der Waals surface area contributed by atoms with E-state index in [9.17, 15) is 4.79 Å². The Morgan fingerprint density at radius 1 is 1.06 bits per heavy atom. The van der Waals surface area contributed by atoms with Gasteiger partial charge in [-0.05, 0) is 34.1 Å². The fourth-order valence-electron chi connectivity index (χ4n) is 1.90. The van der Waals surface area contributed by atoms with Gasteiger partial charge in [0.15, 0.2) is 0 Å². The molecule has 0 aromatic rings. The number of nitrogens with one attached hydrogen (secondary N) is 1. The monoisotopic (exact) mass is 228 g/mol. The first kappa shape index (κ1) is 15.3. The van der Waals surface area contributed by atoms with Gasteiger partial charge < -0.3 is 10.2 Å². The van der Waals surface area contributed by atoms with Crippen LogP contribution in [-0.2, 0) is 0 Å². The van der Waals surface area contributed by atoms with Crippen molar-refractivity contribution in [2.45, 2.75) is 72.4 Å². The van der Waals surface area contributed by atoms with Gasteiger partial charge in [0.1, 0.15) is 0 Å². The molecule has 0 rings (SSSR count). The number of rotatable bonds is 7. The Kier molecular flexibility index (Phi) is 8.04. The van der Waals surface area contributed by atoms with Gasteiger partial charge in [-0.15, -0.1) is 0 Å². The Morgan fingerprint density at radius 2 is 1.62 bits per heavy atom. The number of hydrogen-bond donors (Lipinski definition) is 1. The van der Waals surface area contributed by atoms with E-state index in [2.05, 4.69) is 39.9 Å². The lowest BCUT2D eigenvalue weighted by Gasteiger charge is -2.30. The van der Waals surface area contributed by atoms with Gasteiger partial charge in [-0.1, -0.05) is 26.2 Å². The number of unbranched alkanes of at least 4 members (excludes halogenated alkanes) is 3. The Bertz CT molecular complexity index is 182. The minimum Gasteiger partial charge on any atom is -0.338 e. The first-order valence-electron chi connectivity index (χ1n) is 6.56. The third-order valence-electron chi connectivity index (χ3n) is 2.65. The molecule has 0 saturated carbocycles. The van der Waals surface area contributed by atoms with Crippen LogP contribution in [0, 0.1) is 0 Å². The summed E-state index contributed by atoms with van der Waals surface area (Å²) < 4.78 is 0. The third-order valence-corrected chi connectivity index (χ3v) is 2.65. The van der Waals surface area contributed by atoms with E-state index in [1.807, 2.05) is 4.90 Å². The van der Waals surface area contributed by atoms with Gasteiger partial charge in [0.2, 0.25) is 0 Å². The maximum Gasteiger partial charge on any atom is 0.317 e. The summed E-state index contributed by atoms with van der Waals surface area (Å²) in [6.07, 6.45) is 4.79. The van der Waals surface area contributed by atoms with Crippen LogP contribution in [0.4, 0.5) is 4.79 Å². The van der Waals surface area contributed by atoms with Gasteiger partial charge in [0.25, 0.3) is 0 Å². The lowest BCUT2D eigenvalue weighted by Crippen LogP contribution is -2.47. The summed E-state index contributed by atoms with van der Waals surface area (Å²) in [4.78, 5) is 13.8. The Morgan fingerprint density at radius 3 is 2.06 bits per heavy atom. The number of hydrogen-bond acceptors (Lipinski definition) is 1. The highest BCUT2D eigenvalue weighted by Crippen LogP contribution is 2.05. The average Bonchev–Trinajstić information content (AvgIpc) is 2.16. The van der Waals surface area contributed by atoms with Gasteiger partial charge in [-0.3, -0.25) is 0 Å². The van der Waals surface area contributed by atoms with E-state index in [-0.39, 0.29) is 18.1 Å². The molecule has 1 N–H and O–H groups in total. The minimum absolute atomic E-state index is 0.0708. The second-order valence-corrected chi connectivity index (χ2v) is 4.89. The van der Waals surface area contributed by atoms with Crippen molar-refractivity contribution < 1.29 is 4.79 Å². The molecular weight excluding hydrogens is 200 g/mol.